The molecule has 1 amide bonds. The second-order valence-corrected chi connectivity index (χ2v) is 5.82. The van der Waals surface area contributed by atoms with E-state index in [-0.39, 0.29) is 22.9 Å². The number of nitrogens with zero attached hydrogens (tertiary/aromatic N) is 1. The molecule has 1 aromatic carbocycles. The van der Waals surface area contributed by atoms with E-state index in [1.54, 1.807) is 6.92 Å². The van der Waals surface area contributed by atoms with Gasteiger partial charge in [-0.1, -0.05) is 28.1 Å². The number of aromatic nitrogens is 1. The second-order valence-electron chi connectivity index (χ2n) is 4.13. The van der Waals surface area contributed by atoms with Gasteiger partial charge >= 0.3 is 5.97 Å². The lowest BCUT2D eigenvalue weighted by atomic mass is 10.1. The van der Waals surface area contributed by atoms with Gasteiger partial charge in [0.2, 0.25) is 5.91 Å². The highest BCUT2D eigenvalue weighted by molar-refractivity contribution is 9.10. The van der Waals surface area contributed by atoms with Gasteiger partial charge in [0.25, 0.3) is 0 Å². The van der Waals surface area contributed by atoms with Crippen LogP contribution in [-0.4, -0.2) is 21.4 Å². The molecule has 5 nitrogen and oxygen atoms in total. The van der Waals surface area contributed by atoms with Gasteiger partial charge in [-0.3, -0.25) is 4.79 Å². The molecule has 0 aliphatic carbocycles. The summed E-state index contributed by atoms with van der Waals surface area (Å²) in [6.45, 7) is 1.60. The van der Waals surface area contributed by atoms with Crippen molar-refractivity contribution in [1.82, 2.24) is 4.37 Å². The van der Waals surface area contributed by atoms with Crippen LogP contribution in [0.1, 0.15) is 21.6 Å². The Balaban J connectivity index is 2.11. The maximum atomic E-state index is 11.9. The van der Waals surface area contributed by atoms with Crippen LogP contribution in [0.3, 0.4) is 0 Å². The minimum absolute atomic E-state index is 0.0533. The smallest absolute Gasteiger partial charge is 0.340 e. The van der Waals surface area contributed by atoms with E-state index in [4.69, 9.17) is 5.11 Å². The van der Waals surface area contributed by atoms with E-state index < -0.39 is 5.97 Å². The topological polar surface area (TPSA) is 79.3 Å². The normalized spacial score (nSPS) is 10.3. The molecule has 0 saturated carbocycles. The Hall–Kier alpha value is -1.73. The van der Waals surface area contributed by atoms with Crippen molar-refractivity contribution < 1.29 is 14.7 Å². The Morgan fingerprint density at radius 2 is 2.20 bits per heavy atom. The molecule has 2 rings (SSSR count). The molecule has 0 aliphatic rings. The Bertz CT molecular complexity index is 669. The van der Waals surface area contributed by atoms with Crippen LogP contribution >= 0.6 is 27.5 Å². The summed E-state index contributed by atoms with van der Waals surface area (Å²) < 4.78 is 4.84. The lowest BCUT2D eigenvalue weighted by molar-refractivity contribution is -0.115. The van der Waals surface area contributed by atoms with Crippen LogP contribution in [0.4, 0.5) is 5.00 Å². The van der Waals surface area contributed by atoms with E-state index in [9.17, 15) is 9.59 Å². The monoisotopic (exact) mass is 354 g/mol. The van der Waals surface area contributed by atoms with E-state index >= 15 is 0 Å². The number of aryl methyl sites for hydroxylation is 1. The maximum absolute atomic E-state index is 11.9. The average Bonchev–Trinajstić information content (AvgIpc) is 2.70. The van der Waals surface area contributed by atoms with Gasteiger partial charge in [-0.05, 0) is 36.2 Å². The van der Waals surface area contributed by atoms with Crippen molar-refractivity contribution in [1.29, 1.82) is 0 Å². The zero-order valence-corrected chi connectivity index (χ0v) is 12.9. The summed E-state index contributed by atoms with van der Waals surface area (Å²) in [5, 5.41) is 12.0. The SMILES string of the molecule is Cc1nsc(NC(=O)Cc2cccc(Br)c2)c1C(=O)O. The van der Waals surface area contributed by atoms with E-state index in [0.29, 0.717) is 5.69 Å². The van der Waals surface area contributed by atoms with Crippen molar-refractivity contribution in [2.75, 3.05) is 5.32 Å². The molecule has 0 bridgehead atoms. The summed E-state index contributed by atoms with van der Waals surface area (Å²) in [5.41, 5.74) is 1.30. The molecule has 20 heavy (non-hydrogen) atoms. The maximum Gasteiger partial charge on any atom is 0.340 e. The number of hydrogen-bond acceptors (Lipinski definition) is 4. The summed E-state index contributed by atoms with van der Waals surface area (Å²) in [7, 11) is 0. The molecule has 0 saturated heterocycles. The van der Waals surface area contributed by atoms with Crippen molar-refractivity contribution in [2.45, 2.75) is 13.3 Å². The van der Waals surface area contributed by atoms with Crippen LogP contribution in [0.5, 0.6) is 0 Å². The van der Waals surface area contributed by atoms with Crippen molar-refractivity contribution >= 4 is 44.3 Å². The fourth-order valence-corrected chi connectivity index (χ4v) is 2.96. The van der Waals surface area contributed by atoms with Gasteiger partial charge in [-0.25, -0.2) is 4.79 Å². The van der Waals surface area contributed by atoms with Gasteiger partial charge in [0.1, 0.15) is 10.6 Å². The number of halogens is 1. The first-order chi connectivity index (χ1) is 9.47. The zero-order valence-electron chi connectivity index (χ0n) is 10.5. The largest absolute Gasteiger partial charge is 0.478 e. The highest BCUT2D eigenvalue weighted by Gasteiger charge is 2.19. The lowest BCUT2D eigenvalue weighted by Crippen LogP contribution is -2.15. The Morgan fingerprint density at radius 3 is 2.85 bits per heavy atom. The first kappa shape index (κ1) is 14.7. The first-order valence-corrected chi connectivity index (χ1v) is 7.28. The average molecular weight is 355 g/mol. The molecule has 0 radical (unpaired) electrons. The third-order valence-corrected chi connectivity index (χ3v) is 3.93. The molecular formula is C13H11BrN2O3S. The number of carbonyl (C=O) groups excluding carboxylic acids is 1. The summed E-state index contributed by atoms with van der Waals surface area (Å²) in [4.78, 5) is 23.0. The number of rotatable bonds is 4. The highest BCUT2D eigenvalue weighted by Crippen LogP contribution is 2.24. The fraction of sp³-hybridized carbons (Fsp3) is 0.154. The van der Waals surface area contributed by atoms with Gasteiger partial charge in [-0.15, -0.1) is 0 Å². The molecule has 104 valence electrons. The number of carboxylic acid groups (broad SMARTS) is 1. The van der Waals surface area contributed by atoms with Gasteiger partial charge in [0.05, 0.1) is 12.1 Å². The molecule has 2 N–H and O–H groups in total. The number of carbonyl (C=O) groups is 2. The Morgan fingerprint density at radius 1 is 1.45 bits per heavy atom. The highest BCUT2D eigenvalue weighted by atomic mass is 79.9. The van der Waals surface area contributed by atoms with Crippen molar-refractivity contribution in [3.05, 3.63) is 45.6 Å². The fourth-order valence-electron chi connectivity index (χ4n) is 1.71. The molecule has 7 heteroatoms. The Kier molecular flexibility index (Phi) is 4.51. The minimum atomic E-state index is -1.09. The first-order valence-electron chi connectivity index (χ1n) is 5.71. The number of aromatic carboxylic acids is 1. The molecule has 1 heterocycles. The second kappa shape index (κ2) is 6.15. The van der Waals surface area contributed by atoms with Crippen molar-refractivity contribution in [2.24, 2.45) is 0 Å². The van der Waals surface area contributed by atoms with E-state index in [1.165, 1.54) is 0 Å². The summed E-state index contributed by atoms with van der Waals surface area (Å²) in [6.07, 6.45) is 0.176. The zero-order chi connectivity index (χ0) is 14.7. The van der Waals surface area contributed by atoms with Crippen LogP contribution in [0.2, 0.25) is 0 Å². The molecule has 0 fully saturated rings. The third kappa shape index (κ3) is 3.43. The summed E-state index contributed by atoms with van der Waals surface area (Å²) >= 11 is 4.31. The molecule has 1 aromatic heterocycles. The van der Waals surface area contributed by atoms with E-state index in [2.05, 4.69) is 25.6 Å². The third-order valence-electron chi connectivity index (χ3n) is 2.58. The number of carboxylic acids is 1. The summed E-state index contributed by atoms with van der Waals surface area (Å²) in [6, 6.07) is 7.39. The van der Waals surface area contributed by atoms with Crippen molar-refractivity contribution in [3.63, 3.8) is 0 Å². The van der Waals surface area contributed by atoms with Gasteiger partial charge < -0.3 is 10.4 Å². The van der Waals surface area contributed by atoms with Crippen molar-refractivity contribution in [3.8, 4) is 0 Å². The Labute approximate surface area is 127 Å². The van der Waals surface area contributed by atoms with Crippen LogP contribution in [0.25, 0.3) is 0 Å². The molecular weight excluding hydrogens is 344 g/mol. The quantitative estimate of drug-likeness (QED) is 0.883. The number of anilines is 1. The van der Waals surface area contributed by atoms with Gasteiger partial charge in [0, 0.05) is 4.47 Å². The van der Waals surface area contributed by atoms with Crippen LogP contribution in [0.15, 0.2) is 28.7 Å². The lowest BCUT2D eigenvalue weighted by Gasteiger charge is -2.04. The molecule has 0 aliphatic heterocycles. The van der Waals surface area contributed by atoms with Gasteiger partial charge in [-0.2, -0.15) is 4.37 Å². The molecule has 2 aromatic rings. The molecule has 0 unspecified atom stereocenters. The number of amides is 1. The minimum Gasteiger partial charge on any atom is -0.478 e. The van der Waals surface area contributed by atoms with E-state index in [0.717, 1.165) is 21.6 Å². The number of nitrogens with one attached hydrogen (secondary N) is 1. The standard InChI is InChI=1S/C13H11BrN2O3S/c1-7-11(13(18)19)12(20-16-7)15-10(17)6-8-3-2-4-9(14)5-8/h2-5H,6H2,1H3,(H,15,17)(H,18,19). The van der Waals surface area contributed by atoms with Crippen LogP contribution in [0, 0.1) is 6.92 Å². The number of benzene rings is 1. The predicted octanol–water partition coefficient (Wildman–Crippen LogP) is 3.09. The van der Waals surface area contributed by atoms with Gasteiger partial charge in [0.15, 0.2) is 0 Å². The number of hydrogen-bond donors (Lipinski definition) is 2. The molecule has 0 spiro atoms. The van der Waals surface area contributed by atoms with Crippen LogP contribution in [-0.2, 0) is 11.2 Å². The molecule has 0 atom stereocenters. The van der Waals surface area contributed by atoms with E-state index in [1.807, 2.05) is 24.3 Å². The van der Waals surface area contributed by atoms with Crippen LogP contribution < -0.4 is 5.32 Å². The summed E-state index contributed by atoms with van der Waals surface area (Å²) in [5.74, 6) is -1.36. The predicted molar refractivity (Wildman–Crippen MR) is 80.3 cm³/mol.